The Morgan fingerprint density at radius 2 is 0.792 bits per heavy atom. The summed E-state index contributed by atoms with van der Waals surface area (Å²) in [5.41, 5.74) is 9.89. The van der Waals surface area contributed by atoms with Gasteiger partial charge in [0.25, 0.3) is 0 Å². The lowest BCUT2D eigenvalue weighted by Gasteiger charge is -2.17. The number of halogens is 4. The normalized spacial score (nSPS) is 17.1. The van der Waals surface area contributed by atoms with Crippen molar-refractivity contribution in [1.29, 1.82) is 0 Å². The molecule has 4 nitrogen and oxygen atoms in total. The fourth-order valence-electron chi connectivity index (χ4n) is 6.68. The number of nitrogens with zero attached hydrogens (tertiary/aromatic N) is 4. The van der Waals surface area contributed by atoms with Gasteiger partial charge in [-0.1, -0.05) is 48.5 Å². The summed E-state index contributed by atoms with van der Waals surface area (Å²) in [4.78, 5) is 20.1. The Morgan fingerprint density at radius 1 is 0.358 bits per heavy atom. The number of rotatable bonds is 4. The van der Waals surface area contributed by atoms with Gasteiger partial charge in [0.2, 0.25) is 0 Å². The van der Waals surface area contributed by atoms with Crippen LogP contribution in [0.1, 0.15) is 22.3 Å². The third-order valence-corrected chi connectivity index (χ3v) is 9.03. The minimum absolute atomic E-state index is 0. The molecular weight excluding hydrogens is 687 g/mol. The van der Waals surface area contributed by atoms with Gasteiger partial charge in [-0.25, -0.2) is 37.5 Å². The summed E-state index contributed by atoms with van der Waals surface area (Å²) in [6, 6.07) is 24.4. The van der Waals surface area contributed by atoms with Crippen molar-refractivity contribution in [1.82, 2.24) is 0 Å². The summed E-state index contributed by atoms with van der Waals surface area (Å²) in [6.07, 6.45) is 15.0. The molecule has 0 N–H and O–H groups in total. The van der Waals surface area contributed by atoms with Gasteiger partial charge in [0, 0.05) is 22.3 Å². The molecule has 0 amide bonds. The van der Waals surface area contributed by atoms with E-state index >= 15 is 0 Å². The molecule has 9 heteroatoms. The van der Waals surface area contributed by atoms with Crippen molar-refractivity contribution in [3.63, 3.8) is 0 Å². The molecule has 0 aliphatic carbocycles. The van der Waals surface area contributed by atoms with Crippen LogP contribution in [-0.4, -0.2) is 40.2 Å². The highest BCUT2D eigenvalue weighted by Gasteiger charge is 2.33. The lowest BCUT2D eigenvalue weighted by Crippen LogP contribution is -2.07. The van der Waals surface area contributed by atoms with Gasteiger partial charge in [0.05, 0.1) is 45.6 Å². The molecule has 4 aromatic carbocycles. The topological polar surface area (TPSA) is 49.4 Å². The molecule has 9 rings (SSSR count). The highest BCUT2D eigenvalue weighted by molar-refractivity contribution is 6.50. The zero-order valence-corrected chi connectivity index (χ0v) is 27.2. The lowest BCUT2D eigenvalue weighted by molar-refractivity contribution is 0.627. The van der Waals surface area contributed by atoms with Gasteiger partial charge in [-0.3, -0.25) is 0 Å². The predicted octanol–water partition coefficient (Wildman–Crippen LogP) is 9.06. The molecular formula is C44H27AlF4N4. The van der Waals surface area contributed by atoms with Gasteiger partial charge in [0.1, 0.15) is 23.3 Å². The largest absolute Gasteiger partial charge is 0.249 e. The maximum Gasteiger partial charge on any atom is 0.187 e. The second kappa shape index (κ2) is 13.7. The SMILES string of the molecule is Fc1ccc(C2=CC3=CC4=NC(=CC5=NC(=CC6=NC(=C(c7ccc(F)cc7)C2=N3)C(c2ccc(F)cc2)=C6c2ccc(F)cc2)C=C5)C=C4)cc1.[AlH3]. The fourth-order valence-corrected chi connectivity index (χ4v) is 6.68. The number of allylic oxidation sites excluding steroid dienone is 12. The van der Waals surface area contributed by atoms with E-state index in [1.54, 1.807) is 48.5 Å². The molecule has 0 atom stereocenters. The van der Waals surface area contributed by atoms with Crippen LogP contribution in [0.5, 0.6) is 0 Å². The zero-order valence-electron chi connectivity index (χ0n) is 27.2. The average Bonchev–Trinajstić information content (AvgIpc) is 3.95. The van der Waals surface area contributed by atoms with E-state index in [2.05, 4.69) is 0 Å². The maximum absolute atomic E-state index is 14.5. The van der Waals surface area contributed by atoms with Crippen molar-refractivity contribution < 1.29 is 17.6 Å². The first kappa shape index (κ1) is 33.9. The number of hydrogen-bond donors (Lipinski definition) is 0. The Morgan fingerprint density at radius 3 is 1.32 bits per heavy atom. The zero-order chi connectivity index (χ0) is 35.3. The smallest absolute Gasteiger partial charge is 0.187 e. The van der Waals surface area contributed by atoms with Crippen LogP contribution < -0.4 is 0 Å². The first-order chi connectivity index (χ1) is 25.3. The number of aliphatic imine (C=N–C) groups is 4. The molecule has 5 aliphatic rings. The maximum atomic E-state index is 14.5. The van der Waals surface area contributed by atoms with Crippen molar-refractivity contribution in [2.45, 2.75) is 0 Å². The van der Waals surface area contributed by atoms with Crippen LogP contribution in [0, 0.1) is 23.3 Å². The van der Waals surface area contributed by atoms with Gasteiger partial charge in [-0.15, -0.1) is 0 Å². The first-order valence-corrected chi connectivity index (χ1v) is 16.5. The molecule has 0 spiro atoms. The van der Waals surface area contributed by atoms with E-state index < -0.39 is 17.5 Å². The summed E-state index contributed by atoms with van der Waals surface area (Å²) in [5.74, 6) is -1.64. The summed E-state index contributed by atoms with van der Waals surface area (Å²) >= 11 is 0. The molecule has 0 unspecified atom stereocenters. The van der Waals surface area contributed by atoms with Crippen LogP contribution in [0.25, 0.3) is 22.3 Å². The number of fused-ring (bicyclic) bond motifs is 4. The highest BCUT2D eigenvalue weighted by atomic mass is 27.0. The summed E-state index contributed by atoms with van der Waals surface area (Å²) < 4.78 is 57.6. The average molecular weight is 715 g/mol. The fraction of sp³-hybridized carbons (Fsp3) is 0. The van der Waals surface area contributed by atoms with Crippen LogP contribution in [0.15, 0.2) is 188 Å². The Balaban J connectivity index is 0.00000400. The molecule has 0 fully saturated rings. The lowest BCUT2D eigenvalue weighted by atomic mass is 9.86. The summed E-state index contributed by atoms with van der Waals surface area (Å²) in [7, 11) is 0. The molecule has 4 aromatic rings. The van der Waals surface area contributed by atoms with Gasteiger partial charge in [-0.05, 0) is 119 Å². The molecule has 0 radical (unpaired) electrons. The number of benzene rings is 4. The molecule has 53 heavy (non-hydrogen) atoms. The Labute approximate surface area is 312 Å². The van der Waals surface area contributed by atoms with Crippen molar-refractivity contribution in [3.05, 3.63) is 214 Å². The third-order valence-electron chi connectivity index (χ3n) is 9.03. The van der Waals surface area contributed by atoms with E-state index in [9.17, 15) is 17.6 Å². The van der Waals surface area contributed by atoms with Gasteiger partial charge >= 0.3 is 0 Å². The van der Waals surface area contributed by atoms with Crippen molar-refractivity contribution >= 4 is 62.5 Å². The molecule has 5 heterocycles. The molecule has 0 aromatic heterocycles. The van der Waals surface area contributed by atoms with E-state index in [1.165, 1.54) is 48.5 Å². The van der Waals surface area contributed by atoms with Crippen molar-refractivity contribution in [2.24, 2.45) is 20.0 Å². The minimum atomic E-state index is -0.427. The van der Waals surface area contributed by atoms with Crippen LogP contribution in [-0.2, 0) is 0 Å². The molecule has 5 aliphatic heterocycles. The monoisotopic (exact) mass is 714 g/mol. The summed E-state index contributed by atoms with van der Waals surface area (Å²) in [5, 5.41) is 0. The van der Waals surface area contributed by atoms with E-state index in [-0.39, 0.29) is 23.2 Å². The van der Waals surface area contributed by atoms with Gasteiger partial charge < -0.3 is 0 Å². The van der Waals surface area contributed by atoms with Crippen LogP contribution in [0.4, 0.5) is 17.6 Å². The van der Waals surface area contributed by atoms with Crippen LogP contribution >= 0.6 is 0 Å². The Hall–Kier alpha value is -6.27. The standard InChI is InChI=1S/C44H24F4N4.Al.3H/c45-29-9-1-25(2-10-29)38-23-37-22-35-18-17-33(49-35)21-34-19-20-36(50-34)24-39-40(26-3-11-30(46)12-4-26)41(27-5-13-31(47)14-6-27)44(52-39)42(43(38)51-37)28-7-15-32(48)16-8-28;;;;/h1-24H;;;;. The molecule has 0 saturated heterocycles. The highest BCUT2D eigenvalue weighted by Crippen LogP contribution is 2.46. The summed E-state index contributed by atoms with van der Waals surface area (Å²) in [6.45, 7) is 0. The predicted molar refractivity (Wildman–Crippen MR) is 210 cm³/mol. The second-order valence-electron chi connectivity index (χ2n) is 12.5. The van der Waals surface area contributed by atoms with Crippen molar-refractivity contribution in [2.75, 3.05) is 0 Å². The minimum Gasteiger partial charge on any atom is -0.249 e. The number of hydrogen-bond acceptors (Lipinski definition) is 4. The van der Waals surface area contributed by atoms with Gasteiger partial charge in [-0.2, -0.15) is 0 Å². The first-order valence-electron chi connectivity index (χ1n) is 16.5. The van der Waals surface area contributed by atoms with E-state index in [0.29, 0.717) is 90.2 Å². The molecule has 0 saturated carbocycles. The second-order valence-corrected chi connectivity index (χ2v) is 12.5. The van der Waals surface area contributed by atoms with Gasteiger partial charge in [0.15, 0.2) is 17.4 Å². The van der Waals surface area contributed by atoms with Crippen LogP contribution in [0.2, 0.25) is 0 Å². The molecule has 8 bridgehead atoms. The van der Waals surface area contributed by atoms with Crippen LogP contribution in [0.3, 0.4) is 0 Å². The molecule has 254 valence electrons. The van der Waals surface area contributed by atoms with E-state index in [4.69, 9.17) is 20.0 Å². The quantitative estimate of drug-likeness (QED) is 0.150. The van der Waals surface area contributed by atoms with E-state index in [0.717, 1.165) is 0 Å². The van der Waals surface area contributed by atoms with Crippen molar-refractivity contribution in [3.8, 4) is 0 Å². The van der Waals surface area contributed by atoms with E-state index in [1.807, 2.05) is 48.6 Å². The third kappa shape index (κ3) is 6.53. The Bertz CT molecular complexity index is 2590. The Kier molecular flexibility index (Phi) is 8.75.